The summed E-state index contributed by atoms with van der Waals surface area (Å²) in [6.07, 6.45) is -2.52. The molecule has 182 valence electrons. The lowest BCUT2D eigenvalue weighted by molar-refractivity contribution is -0.137. The summed E-state index contributed by atoms with van der Waals surface area (Å²) in [6.45, 7) is -0.0883. The number of hydrogen-bond acceptors (Lipinski definition) is 6. The summed E-state index contributed by atoms with van der Waals surface area (Å²) in [6, 6.07) is 10.2. The van der Waals surface area contributed by atoms with E-state index in [4.69, 9.17) is 22.2 Å². The Bertz CT molecular complexity index is 1260. The Morgan fingerprint density at radius 3 is 2.60 bits per heavy atom. The molecule has 6 nitrogen and oxygen atoms in total. The number of nitrogens with zero attached hydrogens (tertiary/aromatic N) is 3. The average molecular weight is 520 g/mol. The number of thioether (sulfide) groups is 1. The van der Waals surface area contributed by atoms with Crippen molar-refractivity contribution in [1.29, 1.82) is 5.26 Å². The van der Waals surface area contributed by atoms with Crippen LogP contribution >= 0.6 is 24.0 Å². The number of benzene rings is 2. The van der Waals surface area contributed by atoms with Gasteiger partial charge in [0.1, 0.15) is 17.4 Å². The third-order valence-corrected chi connectivity index (χ3v) is 8.09. The maximum absolute atomic E-state index is 13.6. The van der Waals surface area contributed by atoms with E-state index in [-0.39, 0.29) is 29.4 Å². The highest BCUT2D eigenvalue weighted by Gasteiger charge is 2.59. The highest BCUT2D eigenvalue weighted by molar-refractivity contribution is 7.99. The minimum absolute atomic E-state index is 0.0154. The molecular formula is C24H20F3N3O3S2. The maximum atomic E-state index is 13.6. The van der Waals surface area contributed by atoms with Crippen LogP contribution in [0.25, 0.3) is 0 Å². The lowest BCUT2D eigenvalue weighted by atomic mass is 9.75. The van der Waals surface area contributed by atoms with Gasteiger partial charge in [-0.3, -0.25) is 9.69 Å². The van der Waals surface area contributed by atoms with Crippen molar-refractivity contribution in [2.75, 3.05) is 22.2 Å². The van der Waals surface area contributed by atoms with Gasteiger partial charge in [0.15, 0.2) is 5.11 Å². The molecule has 3 aliphatic rings. The van der Waals surface area contributed by atoms with Crippen LogP contribution in [-0.2, 0) is 11.0 Å². The zero-order chi connectivity index (χ0) is 25.0. The number of rotatable bonds is 3. The monoisotopic (exact) mass is 519 g/mol. The average Bonchev–Trinajstić information content (AvgIpc) is 2.92. The third kappa shape index (κ3) is 3.84. The molecule has 2 aliphatic heterocycles. The summed E-state index contributed by atoms with van der Waals surface area (Å²) < 4.78 is 46.6. The Balaban J connectivity index is 1.56. The van der Waals surface area contributed by atoms with E-state index in [1.54, 1.807) is 34.9 Å². The highest BCUT2D eigenvalue weighted by atomic mass is 32.2. The minimum atomic E-state index is -4.75. The molecule has 1 atom stereocenters. The second kappa shape index (κ2) is 8.69. The van der Waals surface area contributed by atoms with Crippen LogP contribution in [0.15, 0.2) is 41.3 Å². The Morgan fingerprint density at radius 1 is 1.23 bits per heavy atom. The van der Waals surface area contributed by atoms with E-state index in [1.165, 1.54) is 6.07 Å². The molecule has 1 aliphatic carbocycles. The lowest BCUT2D eigenvalue weighted by Gasteiger charge is -2.43. The first-order valence-corrected chi connectivity index (χ1v) is 12.4. The summed E-state index contributed by atoms with van der Waals surface area (Å²) in [4.78, 5) is 17.4. The van der Waals surface area contributed by atoms with Crippen LogP contribution in [0, 0.1) is 11.3 Å². The fraction of sp³-hybridized carbons (Fsp3) is 0.375. The van der Waals surface area contributed by atoms with Crippen LogP contribution in [0.2, 0.25) is 0 Å². The van der Waals surface area contributed by atoms with Gasteiger partial charge in [-0.2, -0.15) is 18.4 Å². The van der Waals surface area contributed by atoms with Gasteiger partial charge in [-0.25, -0.2) is 0 Å². The SMILES string of the molecule is N#Cc1ccc(N2C(=O)C3(CCC3)N(c3ccc4c(c3)SCC[C@H](CO)O4)C2=S)cc1C(F)(F)F. The van der Waals surface area contributed by atoms with Gasteiger partial charge in [0.2, 0.25) is 0 Å². The Kier molecular flexibility index (Phi) is 5.94. The van der Waals surface area contributed by atoms with Crippen LogP contribution in [0.3, 0.4) is 0 Å². The molecular weight excluding hydrogens is 499 g/mol. The van der Waals surface area contributed by atoms with E-state index in [2.05, 4.69) is 0 Å². The standard InChI is InChI=1S/C24H20F3N3O3S2/c25-24(26,27)18-10-15(3-2-14(18)12-28)29-21(32)23(7-1-8-23)30(22(29)34)16-4-5-19-20(11-16)35-9-6-17(13-31)33-19/h2-5,10-11,17,31H,1,6-9,13H2/t17-/m1/s1. The molecule has 2 heterocycles. The number of carbonyl (C=O) groups excluding carboxylic acids is 1. The zero-order valence-electron chi connectivity index (χ0n) is 18.3. The van der Waals surface area contributed by atoms with E-state index < -0.39 is 22.8 Å². The van der Waals surface area contributed by atoms with Crippen molar-refractivity contribution in [3.05, 3.63) is 47.5 Å². The number of alkyl halides is 3. The van der Waals surface area contributed by atoms with Crippen molar-refractivity contribution in [1.82, 2.24) is 0 Å². The number of nitriles is 1. The molecule has 1 saturated heterocycles. The first-order valence-electron chi connectivity index (χ1n) is 11.0. The van der Waals surface area contributed by atoms with Gasteiger partial charge < -0.3 is 14.7 Å². The molecule has 1 spiro atoms. The molecule has 1 amide bonds. The molecule has 35 heavy (non-hydrogen) atoms. The van der Waals surface area contributed by atoms with Gasteiger partial charge >= 0.3 is 6.18 Å². The van der Waals surface area contributed by atoms with Crippen molar-refractivity contribution >= 4 is 46.4 Å². The third-order valence-electron chi connectivity index (χ3n) is 6.66. The smallest absolute Gasteiger partial charge is 0.417 e. The number of aliphatic hydroxyl groups is 1. The quantitative estimate of drug-likeness (QED) is 0.580. The molecule has 1 N–H and O–H groups in total. The van der Waals surface area contributed by atoms with Crippen LogP contribution in [0.4, 0.5) is 24.5 Å². The molecule has 5 rings (SSSR count). The summed E-state index contributed by atoms with van der Waals surface area (Å²) in [7, 11) is 0. The van der Waals surface area contributed by atoms with E-state index in [0.717, 1.165) is 34.1 Å². The molecule has 0 bridgehead atoms. The lowest BCUT2D eigenvalue weighted by Crippen LogP contribution is -2.55. The number of amides is 1. The normalized spacial score (nSPS) is 21.3. The van der Waals surface area contributed by atoms with E-state index in [0.29, 0.717) is 30.7 Å². The minimum Gasteiger partial charge on any atom is -0.487 e. The molecule has 0 radical (unpaired) electrons. The van der Waals surface area contributed by atoms with E-state index in [1.807, 2.05) is 6.07 Å². The zero-order valence-corrected chi connectivity index (χ0v) is 20.0. The number of carbonyl (C=O) groups is 1. The molecule has 0 unspecified atom stereocenters. The number of hydrogen-bond donors (Lipinski definition) is 1. The predicted octanol–water partition coefficient (Wildman–Crippen LogP) is 4.87. The molecule has 2 aromatic carbocycles. The highest BCUT2D eigenvalue weighted by Crippen LogP contribution is 2.49. The molecule has 2 fully saturated rings. The van der Waals surface area contributed by atoms with Gasteiger partial charge in [0.05, 0.1) is 34.4 Å². The summed E-state index contributed by atoms with van der Waals surface area (Å²) in [5.74, 6) is 1.01. The molecule has 0 aromatic heterocycles. The number of fused-ring (bicyclic) bond motifs is 1. The number of aliphatic hydroxyl groups excluding tert-OH is 1. The Hall–Kier alpha value is -2.81. The number of ether oxygens (including phenoxy) is 1. The van der Waals surface area contributed by atoms with Crippen molar-refractivity contribution in [2.45, 2.75) is 48.4 Å². The summed E-state index contributed by atoms with van der Waals surface area (Å²) >= 11 is 7.26. The fourth-order valence-corrected chi connectivity index (χ4v) is 6.26. The second-order valence-electron chi connectivity index (χ2n) is 8.67. The van der Waals surface area contributed by atoms with Crippen LogP contribution in [0.1, 0.15) is 36.8 Å². The molecule has 1 saturated carbocycles. The van der Waals surface area contributed by atoms with Crippen molar-refractivity contribution < 1.29 is 27.8 Å². The van der Waals surface area contributed by atoms with Gasteiger partial charge in [-0.05, 0) is 74.3 Å². The summed E-state index contributed by atoms with van der Waals surface area (Å²) in [5.41, 5.74) is -1.93. The van der Waals surface area contributed by atoms with Crippen molar-refractivity contribution in [3.63, 3.8) is 0 Å². The Labute approximate surface area is 209 Å². The van der Waals surface area contributed by atoms with Crippen molar-refractivity contribution in [3.8, 4) is 11.8 Å². The second-order valence-corrected chi connectivity index (χ2v) is 10.2. The number of anilines is 2. The predicted molar refractivity (Wildman–Crippen MR) is 129 cm³/mol. The summed E-state index contributed by atoms with van der Waals surface area (Å²) in [5, 5.41) is 18.7. The van der Waals surface area contributed by atoms with Crippen molar-refractivity contribution in [2.24, 2.45) is 0 Å². The Morgan fingerprint density at radius 2 is 1.97 bits per heavy atom. The van der Waals surface area contributed by atoms with E-state index in [9.17, 15) is 23.1 Å². The van der Waals surface area contributed by atoms with Gasteiger partial charge in [-0.15, -0.1) is 11.8 Å². The molecule has 11 heteroatoms. The fourth-order valence-electron chi connectivity index (χ4n) is 4.72. The van der Waals surface area contributed by atoms with Crippen LogP contribution < -0.4 is 14.5 Å². The van der Waals surface area contributed by atoms with Crippen LogP contribution in [0.5, 0.6) is 5.75 Å². The van der Waals surface area contributed by atoms with Gasteiger partial charge in [0, 0.05) is 11.4 Å². The molecule has 2 aromatic rings. The number of thiocarbonyl (C=S) groups is 1. The van der Waals surface area contributed by atoms with Gasteiger partial charge in [0.25, 0.3) is 5.91 Å². The number of halogens is 3. The van der Waals surface area contributed by atoms with E-state index >= 15 is 0 Å². The maximum Gasteiger partial charge on any atom is 0.417 e. The van der Waals surface area contributed by atoms with Gasteiger partial charge in [-0.1, -0.05) is 0 Å². The largest absolute Gasteiger partial charge is 0.487 e. The van der Waals surface area contributed by atoms with Crippen LogP contribution in [-0.4, -0.2) is 40.1 Å². The first kappa shape index (κ1) is 23.9. The topological polar surface area (TPSA) is 76.8 Å². The first-order chi connectivity index (χ1) is 16.7.